The van der Waals surface area contributed by atoms with E-state index in [0.29, 0.717) is 6.54 Å². The topological polar surface area (TPSA) is 114 Å². The van der Waals surface area contributed by atoms with Crippen molar-refractivity contribution in [1.29, 1.82) is 0 Å². The molecule has 4 N–H and O–H groups in total. The molecule has 0 aromatic heterocycles. The van der Waals surface area contributed by atoms with Crippen molar-refractivity contribution < 1.29 is 19.5 Å². The number of rotatable bonds is 4. The van der Waals surface area contributed by atoms with E-state index in [1.54, 1.807) is 12.1 Å². The Kier molecular flexibility index (Phi) is 5.53. The highest BCUT2D eigenvalue weighted by molar-refractivity contribution is 5.91. The summed E-state index contributed by atoms with van der Waals surface area (Å²) in [7, 11) is 0. The van der Waals surface area contributed by atoms with Crippen molar-refractivity contribution in [3.05, 3.63) is 65.7 Å². The van der Waals surface area contributed by atoms with Gasteiger partial charge < -0.3 is 20.6 Å². The van der Waals surface area contributed by atoms with Crippen LogP contribution in [0.5, 0.6) is 5.75 Å². The number of carbonyl (C=O) groups is 3. The summed E-state index contributed by atoms with van der Waals surface area (Å²) in [5.74, 6) is -0.380. The normalized spacial score (nSPS) is 21.1. The third kappa shape index (κ3) is 4.06. The molecular formula is C21H23N5O4. The van der Waals surface area contributed by atoms with E-state index in [2.05, 4.69) is 16.1 Å². The number of benzene rings is 2. The number of phenols is 1. The molecule has 2 unspecified atom stereocenters. The van der Waals surface area contributed by atoms with Crippen LogP contribution in [0, 0.1) is 0 Å². The smallest absolute Gasteiger partial charge is 0.334 e. The lowest BCUT2D eigenvalue weighted by Crippen LogP contribution is -2.75. The van der Waals surface area contributed by atoms with E-state index < -0.39 is 12.2 Å². The molecule has 0 aliphatic carbocycles. The number of urea groups is 1. The minimum absolute atomic E-state index is 0.0748. The van der Waals surface area contributed by atoms with Crippen LogP contribution in [0.25, 0.3) is 0 Å². The molecule has 30 heavy (non-hydrogen) atoms. The summed E-state index contributed by atoms with van der Waals surface area (Å²) < 4.78 is 0. The van der Waals surface area contributed by atoms with Crippen LogP contribution < -0.4 is 16.1 Å². The predicted octanol–water partition coefficient (Wildman–Crippen LogP) is 0.318. The molecular weight excluding hydrogens is 386 g/mol. The van der Waals surface area contributed by atoms with Crippen molar-refractivity contribution in [1.82, 2.24) is 26.0 Å². The van der Waals surface area contributed by atoms with Crippen molar-refractivity contribution in [3.63, 3.8) is 0 Å². The van der Waals surface area contributed by atoms with E-state index in [1.165, 1.54) is 22.0 Å². The minimum Gasteiger partial charge on any atom is -0.508 e. The van der Waals surface area contributed by atoms with Gasteiger partial charge in [-0.15, -0.1) is 0 Å². The second-order valence-corrected chi connectivity index (χ2v) is 7.26. The molecule has 2 heterocycles. The maximum Gasteiger partial charge on any atom is 0.334 e. The second-order valence-electron chi connectivity index (χ2n) is 7.26. The van der Waals surface area contributed by atoms with E-state index in [1.807, 2.05) is 30.3 Å². The Hall–Kier alpha value is -3.59. The molecule has 2 saturated heterocycles. The van der Waals surface area contributed by atoms with Gasteiger partial charge in [0.05, 0.1) is 13.1 Å². The van der Waals surface area contributed by atoms with E-state index in [0.717, 1.165) is 11.1 Å². The molecule has 0 bridgehead atoms. The van der Waals surface area contributed by atoms with Crippen LogP contribution >= 0.6 is 0 Å². The Morgan fingerprint density at radius 2 is 1.80 bits per heavy atom. The molecule has 4 amide bonds. The molecule has 2 atom stereocenters. The maximum absolute atomic E-state index is 12.8. The molecule has 0 spiro atoms. The molecule has 2 fully saturated rings. The van der Waals surface area contributed by atoms with Crippen LogP contribution in [0.3, 0.4) is 0 Å². The van der Waals surface area contributed by atoms with Crippen molar-refractivity contribution in [3.8, 4) is 5.75 Å². The summed E-state index contributed by atoms with van der Waals surface area (Å²) in [4.78, 5) is 39.5. The number of amides is 4. The van der Waals surface area contributed by atoms with E-state index in [-0.39, 0.29) is 43.1 Å². The fraction of sp³-hybridized carbons (Fsp3) is 0.286. The van der Waals surface area contributed by atoms with Gasteiger partial charge in [-0.05, 0) is 23.3 Å². The summed E-state index contributed by atoms with van der Waals surface area (Å²) >= 11 is 0. The van der Waals surface area contributed by atoms with Gasteiger partial charge in [0, 0.05) is 13.0 Å². The molecule has 2 aromatic carbocycles. The molecule has 156 valence electrons. The Morgan fingerprint density at radius 3 is 2.53 bits per heavy atom. The number of aromatic hydroxyl groups is 1. The van der Waals surface area contributed by atoms with Gasteiger partial charge in [0.1, 0.15) is 18.0 Å². The zero-order chi connectivity index (χ0) is 21.1. The van der Waals surface area contributed by atoms with Crippen molar-refractivity contribution in [2.75, 3.05) is 13.1 Å². The predicted molar refractivity (Wildman–Crippen MR) is 108 cm³/mol. The first kappa shape index (κ1) is 19.7. The lowest BCUT2D eigenvalue weighted by Gasteiger charge is -2.49. The summed E-state index contributed by atoms with van der Waals surface area (Å²) in [5.41, 5.74) is 4.62. The monoisotopic (exact) mass is 409 g/mol. The first-order valence-electron chi connectivity index (χ1n) is 9.74. The van der Waals surface area contributed by atoms with Crippen LogP contribution in [-0.2, 0) is 22.6 Å². The van der Waals surface area contributed by atoms with E-state index in [4.69, 9.17) is 0 Å². The fourth-order valence-corrected chi connectivity index (χ4v) is 3.76. The third-order valence-electron chi connectivity index (χ3n) is 5.28. The Bertz CT molecular complexity index is 934. The Balaban J connectivity index is 1.49. The summed E-state index contributed by atoms with van der Waals surface area (Å²) in [5, 5.41) is 16.5. The van der Waals surface area contributed by atoms with Crippen LogP contribution in [0.15, 0.2) is 54.6 Å². The number of phenolic OH excluding ortho intramolecular Hbond substituents is 1. The van der Waals surface area contributed by atoms with Gasteiger partial charge >= 0.3 is 6.03 Å². The highest BCUT2D eigenvalue weighted by atomic mass is 16.3. The average Bonchev–Trinajstić information content (AvgIpc) is 2.76. The first-order chi connectivity index (χ1) is 14.5. The van der Waals surface area contributed by atoms with Crippen molar-refractivity contribution in [2.45, 2.75) is 25.2 Å². The Labute approximate surface area is 173 Å². The minimum atomic E-state index is -0.743. The number of carbonyl (C=O) groups excluding carboxylic acids is 3. The molecule has 2 aliphatic heterocycles. The van der Waals surface area contributed by atoms with Crippen LogP contribution in [0.2, 0.25) is 0 Å². The van der Waals surface area contributed by atoms with Gasteiger partial charge in [0.25, 0.3) is 0 Å². The SMILES string of the molecule is O=C1NCC2N(C(=O)NCc3ccccc3)NCC(=O)N2C1Cc1ccc(O)cc1. The Morgan fingerprint density at radius 1 is 1.07 bits per heavy atom. The lowest BCUT2D eigenvalue weighted by atomic mass is 10.00. The zero-order valence-corrected chi connectivity index (χ0v) is 16.2. The van der Waals surface area contributed by atoms with Crippen LogP contribution in [-0.4, -0.2) is 58.2 Å². The molecule has 0 radical (unpaired) electrons. The number of hydrazine groups is 1. The van der Waals surface area contributed by atoms with Gasteiger partial charge in [-0.1, -0.05) is 42.5 Å². The molecule has 2 aliphatic rings. The number of fused-ring (bicyclic) bond motifs is 1. The zero-order valence-electron chi connectivity index (χ0n) is 16.2. The summed E-state index contributed by atoms with van der Waals surface area (Å²) in [6.07, 6.45) is -0.352. The standard InChI is InChI=1S/C21H23N5O4/c27-16-8-6-14(7-9-16)10-17-20(29)22-12-18-25(17)19(28)13-24-26(18)21(30)23-11-15-4-2-1-3-5-15/h1-9,17-18,24,27H,10-13H2,(H,22,29)(H,23,30). The average molecular weight is 409 g/mol. The van der Waals surface area contributed by atoms with Crippen molar-refractivity contribution in [2.24, 2.45) is 0 Å². The fourth-order valence-electron chi connectivity index (χ4n) is 3.76. The number of nitrogens with zero attached hydrogens (tertiary/aromatic N) is 2. The number of hydrogen-bond donors (Lipinski definition) is 4. The number of nitrogens with one attached hydrogen (secondary N) is 3. The highest BCUT2D eigenvalue weighted by Gasteiger charge is 2.46. The van der Waals surface area contributed by atoms with E-state index >= 15 is 0 Å². The largest absolute Gasteiger partial charge is 0.508 e. The first-order valence-corrected chi connectivity index (χ1v) is 9.74. The molecule has 0 saturated carbocycles. The van der Waals surface area contributed by atoms with Gasteiger partial charge in [-0.25, -0.2) is 15.2 Å². The van der Waals surface area contributed by atoms with Crippen LogP contribution in [0.4, 0.5) is 4.79 Å². The molecule has 4 rings (SSSR count). The quantitative estimate of drug-likeness (QED) is 0.581. The second kappa shape index (κ2) is 8.42. The van der Waals surface area contributed by atoms with Gasteiger partial charge in [-0.3, -0.25) is 9.59 Å². The summed E-state index contributed by atoms with van der Waals surface area (Å²) in [6, 6.07) is 14.9. The molecule has 9 nitrogen and oxygen atoms in total. The number of piperazine rings is 1. The van der Waals surface area contributed by atoms with Crippen molar-refractivity contribution >= 4 is 17.8 Å². The lowest BCUT2D eigenvalue weighted by molar-refractivity contribution is -0.159. The molecule has 9 heteroatoms. The third-order valence-corrected chi connectivity index (χ3v) is 5.28. The van der Waals surface area contributed by atoms with Gasteiger partial charge in [-0.2, -0.15) is 0 Å². The van der Waals surface area contributed by atoms with Gasteiger partial charge in [0.15, 0.2) is 0 Å². The highest BCUT2D eigenvalue weighted by Crippen LogP contribution is 2.22. The summed E-state index contributed by atoms with van der Waals surface area (Å²) in [6.45, 7) is 0.416. The van der Waals surface area contributed by atoms with E-state index in [9.17, 15) is 19.5 Å². The maximum atomic E-state index is 12.8. The van der Waals surface area contributed by atoms with Crippen LogP contribution in [0.1, 0.15) is 11.1 Å². The van der Waals surface area contributed by atoms with Gasteiger partial charge in [0.2, 0.25) is 11.8 Å². The molecule has 2 aromatic rings. The number of hydrogen-bond acceptors (Lipinski definition) is 5.